The number of carbonyl (C=O) groups excluding carboxylic acids is 4. The minimum absolute atomic E-state index is 0.0779. The highest BCUT2D eigenvalue weighted by atomic mass is 35.5. The highest BCUT2D eigenvalue weighted by Gasteiger charge is 2.42. The first-order valence-electron chi connectivity index (χ1n) is 35.2. The summed E-state index contributed by atoms with van der Waals surface area (Å²) in [7, 11) is 0. The van der Waals surface area contributed by atoms with Crippen LogP contribution in [0.15, 0.2) is 18.2 Å². The summed E-state index contributed by atoms with van der Waals surface area (Å²) in [4.78, 5) is 62.7. The molecule has 5 rings (SSSR count). The van der Waals surface area contributed by atoms with Crippen LogP contribution in [0.3, 0.4) is 0 Å². The first-order chi connectivity index (χ1) is 39.8. The second-order valence-corrected chi connectivity index (χ2v) is 26.4. The van der Waals surface area contributed by atoms with Crippen molar-refractivity contribution in [3.63, 3.8) is 0 Å². The smallest absolute Gasteiger partial charge is 0.371 e. The zero-order chi connectivity index (χ0) is 57.1. The van der Waals surface area contributed by atoms with Crippen molar-refractivity contribution in [3.8, 4) is 0 Å². The molecule has 1 unspecified atom stereocenters. The first kappa shape index (κ1) is 68.9. The number of nitrogens with zero attached hydrogens (tertiary/aromatic N) is 4. The van der Waals surface area contributed by atoms with E-state index in [9.17, 15) is 19.2 Å². The van der Waals surface area contributed by atoms with Gasteiger partial charge in [-0.25, -0.2) is 4.79 Å². The van der Waals surface area contributed by atoms with E-state index in [2.05, 4.69) is 27.2 Å². The summed E-state index contributed by atoms with van der Waals surface area (Å²) in [5.74, 6) is -0.680. The maximum atomic E-state index is 13.8. The van der Waals surface area contributed by atoms with Gasteiger partial charge < -0.3 is 20.0 Å². The lowest BCUT2D eigenvalue weighted by molar-refractivity contribution is -0.174. The zero-order valence-electron chi connectivity index (χ0n) is 52.2. The molecule has 11 heteroatoms. The Morgan fingerprint density at radius 1 is 0.432 bits per heavy atom. The van der Waals surface area contributed by atoms with Gasteiger partial charge in [-0.1, -0.05) is 307 Å². The lowest BCUT2D eigenvalue weighted by Gasteiger charge is -2.36. The van der Waals surface area contributed by atoms with Crippen molar-refractivity contribution in [1.82, 2.24) is 20.2 Å². The van der Waals surface area contributed by atoms with Gasteiger partial charge >= 0.3 is 6.09 Å². The summed E-state index contributed by atoms with van der Waals surface area (Å²) >= 11 is 6.84. The number of halogens is 1. The lowest BCUT2D eigenvalue weighted by atomic mass is 9.77. The van der Waals surface area contributed by atoms with E-state index in [1.165, 1.54) is 288 Å². The van der Waals surface area contributed by atoms with E-state index in [1.807, 2.05) is 6.07 Å². The van der Waals surface area contributed by atoms with Gasteiger partial charge in [0.2, 0.25) is 5.91 Å². The van der Waals surface area contributed by atoms with Gasteiger partial charge in [-0.05, 0) is 43.4 Å². The first-order valence-corrected chi connectivity index (χ1v) is 35.6. The lowest BCUT2D eigenvalue weighted by Crippen LogP contribution is -2.50. The third kappa shape index (κ3) is 30.2. The van der Waals surface area contributed by atoms with Crippen molar-refractivity contribution in [2.24, 2.45) is 5.41 Å². The minimum atomic E-state index is -0.650. The molecule has 1 atom stereocenters. The number of rotatable bonds is 4. The number of hydroxylamine groups is 2. The Hall–Kier alpha value is -2.85. The number of piperazine rings is 1. The minimum Gasteiger partial charge on any atom is -0.371 e. The van der Waals surface area contributed by atoms with Crippen molar-refractivity contribution in [2.75, 3.05) is 50.7 Å². The quantitative estimate of drug-likeness (QED) is 0.300. The van der Waals surface area contributed by atoms with Crippen LogP contribution in [0, 0.1) is 5.41 Å². The Labute approximate surface area is 501 Å². The molecule has 10 nitrogen and oxygen atoms in total. The van der Waals surface area contributed by atoms with Crippen molar-refractivity contribution in [2.45, 2.75) is 334 Å². The Kier molecular flexibility index (Phi) is 38.0. The summed E-state index contributed by atoms with van der Waals surface area (Å²) in [6.45, 7) is 5.39. The van der Waals surface area contributed by atoms with Crippen LogP contribution in [0.2, 0.25) is 5.02 Å². The van der Waals surface area contributed by atoms with Crippen molar-refractivity contribution < 1.29 is 24.0 Å². The molecule has 0 saturated carbocycles. The molecule has 0 aliphatic carbocycles. The van der Waals surface area contributed by atoms with Gasteiger partial charge in [-0.15, -0.1) is 5.06 Å². The van der Waals surface area contributed by atoms with Crippen molar-refractivity contribution in [1.29, 1.82) is 0 Å². The van der Waals surface area contributed by atoms with E-state index < -0.39 is 17.9 Å². The van der Waals surface area contributed by atoms with Crippen LogP contribution >= 0.6 is 11.6 Å². The van der Waals surface area contributed by atoms with Crippen molar-refractivity contribution in [3.05, 3.63) is 28.8 Å². The topological polar surface area (TPSA) is 102 Å². The molecule has 4 heterocycles. The highest BCUT2D eigenvalue weighted by Crippen LogP contribution is 2.39. The number of hydrogen-bond donors (Lipinski definition) is 1. The van der Waals surface area contributed by atoms with Crippen LogP contribution in [0.5, 0.6) is 0 Å². The normalized spacial score (nSPS) is 24.7. The molecule has 1 spiro atoms. The number of anilines is 1. The second-order valence-electron chi connectivity index (χ2n) is 26.0. The number of hydrogen-bond acceptors (Lipinski definition) is 7. The number of benzene rings is 1. The molecule has 81 heavy (non-hydrogen) atoms. The molecular formula is C70H122ClN5O5. The molecule has 1 aromatic rings. The van der Waals surface area contributed by atoms with E-state index >= 15 is 0 Å². The number of imide groups is 1. The van der Waals surface area contributed by atoms with E-state index in [0.29, 0.717) is 37.8 Å². The molecule has 0 bridgehead atoms. The van der Waals surface area contributed by atoms with Crippen LogP contribution in [-0.2, 0) is 25.8 Å². The van der Waals surface area contributed by atoms with E-state index in [0.717, 1.165) is 62.4 Å². The second kappa shape index (κ2) is 44.6. The monoisotopic (exact) mass is 1150 g/mol. The van der Waals surface area contributed by atoms with Gasteiger partial charge in [-0.3, -0.25) is 19.3 Å². The molecule has 464 valence electrons. The largest absolute Gasteiger partial charge is 0.434 e. The number of amides is 4. The summed E-state index contributed by atoms with van der Waals surface area (Å²) < 4.78 is 0. The highest BCUT2D eigenvalue weighted by molar-refractivity contribution is 6.30. The maximum Gasteiger partial charge on any atom is 0.434 e. The van der Waals surface area contributed by atoms with Crippen LogP contribution in [-0.4, -0.2) is 84.5 Å². The van der Waals surface area contributed by atoms with Gasteiger partial charge in [0.15, 0.2) is 0 Å². The number of carbonyl (C=O) groups is 4. The van der Waals surface area contributed by atoms with E-state index in [1.54, 1.807) is 4.90 Å². The third-order valence-corrected chi connectivity index (χ3v) is 19.4. The number of nitrogens with one attached hydrogen (secondary N) is 1. The molecule has 4 aliphatic heterocycles. The van der Waals surface area contributed by atoms with E-state index in [-0.39, 0.29) is 24.2 Å². The third-order valence-electron chi connectivity index (χ3n) is 19.2. The Morgan fingerprint density at radius 2 is 0.790 bits per heavy atom. The Bertz CT molecular complexity index is 1790. The zero-order valence-corrected chi connectivity index (χ0v) is 52.9. The average Bonchev–Trinajstić information content (AvgIpc) is 4.02. The fourth-order valence-corrected chi connectivity index (χ4v) is 13.8. The van der Waals surface area contributed by atoms with E-state index in [4.69, 9.17) is 16.4 Å². The molecule has 0 aromatic heterocycles. The fourth-order valence-electron chi connectivity index (χ4n) is 13.7. The SMILES string of the molecule is O=C(ON1C(=O)CCC1=O)N1CCN(Cc2ccc(Cl)cc2N2CCCCCCCCCCCCCCCCCCCCCCCCCCCCCCCCCCCCCCCCCCCCCCCCC3(CCNC3=O)CC2)CC1. The molecule has 4 amide bonds. The van der Waals surface area contributed by atoms with Crippen LogP contribution in [0.1, 0.15) is 333 Å². The fraction of sp³-hybridized carbons (Fsp3) is 0.857. The van der Waals surface area contributed by atoms with Gasteiger partial charge in [0.25, 0.3) is 11.8 Å². The molecule has 0 radical (unpaired) electrons. The van der Waals surface area contributed by atoms with Crippen LogP contribution in [0.4, 0.5) is 10.5 Å². The standard InChI is InChI=1S/C70H122ClN5O5/c71-64-48-47-63(62-73-57-59-75(60-58-73)69(80)81-76-66(77)49-50-67(76)78)65(61-64)74-55-46-44-42-40-38-36-34-32-30-28-26-24-22-20-18-16-14-12-10-8-6-4-2-1-3-5-7-9-11-13-15-17-19-21-23-25-27-29-31-33-35-37-39-41-43-45-51-70(53-56-74)52-54-72-68(70)79/h47-48,61H,1-46,49-60,62H2,(H,72,79). The van der Waals surface area contributed by atoms with Gasteiger partial charge in [0.1, 0.15) is 0 Å². The molecule has 4 saturated heterocycles. The van der Waals surface area contributed by atoms with Gasteiger partial charge in [0, 0.05) is 75.9 Å². The molecule has 1 aromatic carbocycles. The average molecular weight is 1150 g/mol. The van der Waals surface area contributed by atoms with Gasteiger partial charge in [-0.2, -0.15) is 0 Å². The Morgan fingerprint density at radius 3 is 1.15 bits per heavy atom. The molecule has 1 N–H and O–H groups in total. The van der Waals surface area contributed by atoms with Crippen molar-refractivity contribution >= 4 is 41.1 Å². The summed E-state index contributed by atoms with van der Waals surface area (Å²) in [5, 5.41) is 4.61. The van der Waals surface area contributed by atoms with Gasteiger partial charge in [0.05, 0.1) is 5.41 Å². The molecular weight excluding hydrogens is 1030 g/mol. The predicted octanol–water partition coefficient (Wildman–Crippen LogP) is 19.7. The summed E-state index contributed by atoms with van der Waals surface area (Å²) in [5.41, 5.74) is 2.03. The molecule has 4 fully saturated rings. The summed E-state index contributed by atoms with van der Waals surface area (Å²) in [6, 6.07) is 6.29. The molecule has 4 aliphatic rings. The predicted molar refractivity (Wildman–Crippen MR) is 340 cm³/mol. The van der Waals surface area contributed by atoms with Crippen LogP contribution < -0.4 is 10.2 Å². The van der Waals surface area contributed by atoms with Crippen LogP contribution in [0.25, 0.3) is 0 Å². The summed E-state index contributed by atoms with van der Waals surface area (Å²) in [6.07, 6.45) is 66.3. The Balaban J connectivity index is 1.06. The maximum absolute atomic E-state index is 13.8.